The van der Waals surface area contributed by atoms with Crippen molar-refractivity contribution in [3.63, 3.8) is 0 Å². The van der Waals surface area contributed by atoms with Gasteiger partial charge in [-0.25, -0.2) is 0 Å². The fourth-order valence-corrected chi connectivity index (χ4v) is 2.50. The van der Waals surface area contributed by atoms with Gasteiger partial charge in [-0.3, -0.25) is 4.90 Å². The summed E-state index contributed by atoms with van der Waals surface area (Å²) in [7, 11) is 1.64. The molecule has 20 heavy (non-hydrogen) atoms. The highest BCUT2D eigenvalue weighted by Crippen LogP contribution is 2.25. The summed E-state index contributed by atoms with van der Waals surface area (Å²) >= 11 is 0. The van der Waals surface area contributed by atoms with Gasteiger partial charge >= 0.3 is 0 Å². The second kappa shape index (κ2) is 7.81. The first-order valence-electron chi connectivity index (χ1n) is 7.23. The molecule has 1 aromatic carbocycles. The van der Waals surface area contributed by atoms with Crippen LogP contribution in [0, 0.1) is 17.8 Å². The molecule has 1 heterocycles. The van der Waals surface area contributed by atoms with Crippen molar-refractivity contribution in [3.05, 3.63) is 24.3 Å². The molecule has 0 aromatic heterocycles. The summed E-state index contributed by atoms with van der Waals surface area (Å²) in [5.74, 6) is 8.57. The summed E-state index contributed by atoms with van der Waals surface area (Å²) in [6.07, 6.45) is 2.64. The molecule has 1 saturated heterocycles. The van der Waals surface area contributed by atoms with Gasteiger partial charge in [-0.15, -0.1) is 0 Å². The van der Waals surface area contributed by atoms with Gasteiger partial charge in [0.15, 0.2) is 11.5 Å². The molecule has 1 aromatic rings. The predicted octanol–water partition coefficient (Wildman–Crippen LogP) is 2.81. The summed E-state index contributed by atoms with van der Waals surface area (Å²) in [4.78, 5) is 2.42. The van der Waals surface area contributed by atoms with Crippen molar-refractivity contribution in [2.75, 3.05) is 33.4 Å². The van der Waals surface area contributed by atoms with Gasteiger partial charge in [-0.05, 0) is 37.4 Å². The molecule has 1 aliphatic heterocycles. The zero-order chi connectivity index (χ0) is 14.2. The fraction of sp³-hybridized carbons (Fsp3) is 0.529. The Morgan fingerprint density at radius 3 is 2.80 bits per heavy atom. The van der Waals surface area contributed by atoms with Crippen LogP contribution in [0.25, 0.3) is 0 Å². The Morgan fingerprint density at radius 2 is 2.05 bits per heavy atom. The average Bonchev–Trinajstić information content (AvgIpc) is 2.47. The molecule has 0 radical (unpaired) electrons. The molecule has 0 N–H and O–H groups in total. The molecule has 1 atom stereocenters. The topological polar surface area (TPSA) is 21.7 Å². The molecule has 0 spiro atoms. The maximum absolute atomic E-state index is 5.62. The van der Waals surface area contributed by atoms with Crippen molar-refractivity contribution in [2.45, 2.75) is 19.8 Å². The molecule has 0 saturated carbocycles. The van der Waals surface area contributed by atoms with Gasteiger partial charge in [-0.1, -0.05) is 30.9 Å². The third-order valence-electron chi connectivity index (χ3n) is 3.54. The minimum atomic E-state index is 0.407. The molecule has 2 rings (SSSR count). The molecular formula is C17H23NO2. The highest BCUT2D eigenvalue weighted by molar-refractivity contribution is 5.39. The molecule has 0 aliphatic carbocycles. The molecule has 3 heteroatoms. The highest BCUT2D eigenvalue weighted by atomic mass is 16.5. The van der Waals surface area contributed by atoms with Gasteiger partial charge in [0.2, 0.25) is 0 Å². The van der Waals surface area contributed by atoms with E-state index >= 15 is 0 Å². The van der Waals surface area contributed by atoms with Crippen molar-refractivity contribution in [1.29, 1.82) is 0 Å². The number of likely N-dealkylation sites (tertiary alicyclic amines) is 1. The van der Waals surface area contributed by atoms with Crippen LogP contribution in [0.3, 0.4) is 0 Å². The van der Waals surface area contributed by atoms with Crippen molar-refractivity contribution in [3.8, 4) is 23.3 Å². The van der Waals surface area contributed by atoms with E-state index in [9.17, 15) is 0 Å². The van der Waals surface area contributed by atoms with Crippen LogP contribution in [-0.4, -0.2) is 38.3 Å². The van der Waals surface area contributed by atoms with Crippen LogP contribution in [0.15, 0.2) is 24.3 Å². The number of methoxy groups -OCH3 is 1. The number of nitrogens with zero attached hydrogens (tertiary/aromatic N) is 1. The lowest BCUT2D eigenvalue weighted by Crippen LogP contribution is -2.34. The standard InChI is InChI=1S/C17H23NO2/c1-15-8-7-12-18(14-15)11-5-6-13-20-17-10-4-3-9-16(17)19-2/h3-4,9-10,15H,7-8,11-14H2,1-2H3. The van der Waals surface area contributed by atoms with Crippen LogP contribution < -0.4 is 9.47 Å². The zero-order valence-electron chi connectivity index (χ0n) is 12.4. The van der Waals surface area contributed by atoms with Gasteiger partial charge in [0.05, 0.1) is 13.7 Å². The average molecular weight is 273 g/mol. The molecule has 108 valence electrons. The van der Waals surface area contributed by atoms with Crippen molar-refractivity contribution in [1.82, 2.24) is 4.90 Å². The number of hydrogen-bond donors (Lipinski definition) is 0. The van der Waals surface area contributed by atoms with E-state index in [0.29, 0.717) is 6.61 Å². The molecular weight excluding hydrogens is 250 g/mol. The first kappa shape index (κ1) is 14.7. The number of piperidine rings is 1. The number of hydrogen-bond acceptors (Lipinski definition) is 3. The third kappa shape index (κ3) is 4.47. The second-order valence-electron chi connectivity index (χ2n) is 5.28. The third-order valence-corrected chi connectivity index (χ3v) is 3.54. The molecule has 0 bridgehead atoms. The summed E-state index contributed by atoms with van der Waals surface area (Å²) in [6.45, 7) is 5.90. The van der Waals surface area contributed by atoms with Crippen molar-refractivity contribution >= 4 is 0 Å². The van der Waals surface area contributed by atoms with E-state index < -0.39 is 0 Å². The van der Waals surface area contributed by atoms with E-state index in [1.54, 1.807) is 7.11 Å². The minimum absolute atomic E-state index is 0.407. The summed E-state index contributed by atoms with van der Waals surface area (Å²) < 4.78 is 10.8. The number of rotatable bonds is 4. The highest BCUT2D eigenvalue weighted by Gasteiger charge is 2.14. The summed E-state index contributed by atoms with van der Waals surface area (Å²) in [5, 5.41) is 0. The molecule has 1 aliphatic rings. The Bertz CT molecular complexity index is 475. The maximum atomic E-state index is 5.62. The van der Waals surface area contributed by atoms with E-state index in [2.05, 4.69) is 23.7 Å². The van der Waals surface area contributed by atoms with Gasteiger partial charge in [-0.2, -0.15) is 0 Å². The second-order valence-corrected chi connectivity index (χ2v) is 5.28. The Morgan fingerprint density at radius 1 is 1.25 bits per heavy atom. The quantitative estimate of drug-likeness (QED) is 0.787. The number of benzene rings is 1. The number of ether oxygens (including phenoxy) is 2. The lowest BCUT2D eigenvalue weighted by atomic mass is 10.0. The van der Waals surface area contributed by atoms with Crippen molar-refractivity contribution in [2.24, 2.45) is 5.92 Å². The van der Waals surface area contributed by atoms with Gasteiger partial charge in [0.25, 0.3) is 0 Å². The van der Waals surface area contributed by atoms with Crippen LogP contribution in [0.2, 0.25) is 0 Å². The van der Waals surface area contributed by atoms with E-state index in [4.69, 9.17) is 9.47 Å². The fourth-order valence-electron chi connectivity index (χ4n) is 2.50. The Balaban J connectivity index is 1.74. The van der Waals surface area contributed by atoms with Crippen LogP contribution in [0.5, 0.6) is 11.5 Å². The molecule has 1 unspecified atom stereocenters. The smallest absolute Gasteiger partial charge is 0.162 e. The van der Waals surface area contributed by atoms with Gasteiger partial charge in [0, 0.05) is 6.54 Å². The number of para-hydroxylation sites is 2. The first-order chi connectivity index (χ1) is 9.79. The largest absolute Gasteiger partial charge is 0.493 e. The summed E-state index contributed by atoms with van der Waals surface area (Å²) in [5.41, 5.74) is 0. The van der Waals surface area contributed by atoms with E-state index in [-0.39, 0.29) is 0 Å². The van der Waals surface area contributed by atoms with Gasteiger partial charge in [0.1, 0.15) is 6.61 Å². The first-order valence-corrected chi connectivity index (χ1v) is 7.23. The monoisotopic (exact) mass is 273 g/mol. The molecule has 3 nitrogen and oxygen atoms in total. The van der Waals surface area contributed by atoms with E-state index in [1.807, 2.05) is 24.3 Å². The minimum Gasteiger partial charge on any atom is -0.493 e. The lowest BCUT2D eigenvalue weighted by molar-refractivity contribution is 0.204. The van der Waals surface area contributed by atoms with Crippen LogP contribution >= 0.6 is 0 Å². The van der Waals surface area contributed by atoms with Crippen LogP contribution in [0.4, 0.5) is 0 Å². The lowest BCUT2D eigenvalue weighted by Gasteiger charge is -2.28. The van der Waals surface area contributed by atoms with Crippen molar-refractivity contribution < 1.29 is 9.47 Å². The molecule has 0 amide bonds. The van der Waals surface area contributed by atoms with Crippen LogP contribution in [-0.2, 0) is 0 Å². The van der Waals surface area contributed by atoms with E-state index in [1.165, 1.54) is 25.9 Å². The van der Waals surface area contributed by atoms with E-state index in [0.717, 1.165) is 24.0 Å². The SMILES string of the molecule is COc1ccccc1OCC#CCN1CCCC(C)C1. The maximum Gasteiger partial charge on any atom is 0.162 e. The van der Waals surface area contributed by atoms with Crippen LogP contribution in [0.1, 0.15) is 19.8 Å². The normalized spacial score (nSPS) is 19.0. The van der Waals surface area contributed by atoms with Gasteiger partial charge < -0.3 is 9.47 Å². The Labute approximate surface area is 121 Å². The zero-order valence-corrected chi connectivity index (χ0v) is 12.4. The Hall–Kier alpha value is -1.66. The Kier molecular flexibility index (Phi) is 5.76. The predicted molar refractivity (Wildman–Crippen MR) is 81.1 cm³/mol. The molecule has 1 fully saturated rings. The summed E-state index contributed by atoms with van der Waals surface area (Å²) in [6, 6.07) is 7.64.